The first-order chi connectivity index (χ1) is 9.97. The predicted octanol–water partition coefficient (Wildman–Crippen LogP) is 2.34. The Bertz CT molecular complexity index is 517. The van der Waals surface area contributed by atoms with Crippen LogP contribution >= 0.6 is 0 Å². The van der Waals surface area contributed by atoms with Gasteiger partial charge < -0.3 is 16.2 Å². The number of hydrogen-bond donors (Lipinski definition) is 3. The lowest BCUT2D eigenvalue weighted by Gasteiger charge is -2.34. The van der Waals surface area contributed by atoms with Crippen molar-refractivity contribution < 1.29 is 9.90 Å². The zero-order valence-corrected chi connectivity index (χ0v) is 12.5. The minimum atomic E-state index is -0.743. The number of nitrogens with two attached hydrogens (primary N) is 1. The summed E-state index contributed by atoms with van der Waals surface area (Å²) in [5.41, 5.74) is 6.49. The second-order valence-electron chi connectivity index (χ2n) is 6.13. The summed E-state index contributed by atoms with van der Waals surface area (Å²) >= 11 is 0. The fourth-order valence-electron chi connectivity index (χ4n) is 2.62. The van der Waals surface area contributed by atoms with Crippen molar-refractivity contribution in [3.05, 3.63) is 35.9 Å². The number of rotatable bonds is 4. The van der Waals surface area contributed by atoms with Gasteiger partial charge in [-0.2, -0.15) is 0 Å². The van der Waals surface area contributed by atoms with Crippen LogP contribution in [0, 0.1) is 5.92 Å². The van der Waals surface area contributed by atoms with Crippen molar-refractivity contribution >= 4 is 17.7 Å². The smallest absolute Gasteiger partial charge is 0.244 e. The molecule has 0 spiro atoms. The Morgan fingerprint density at radius 1 is 1.48 bits per heavy atom. The summed E-state index contributed by atoms with van der Waals surface area (Å²) in [4.78, 5) is 11.8. The van der Waals surface area contributed by atoms with Gasteiger partial charge in [0.15, 0.2) is 0 Å². The molecule has 1 amide bonds. The van der Waals surface area contributed by atoms with Crippen LogP contribution in [-0.2, 0) is 4.79 Å². The summed E-state index contributed by atoms with van der Waals surface area (Å²) in [5.74, 6) is 0.480. The lowest BCUT2D eigenvalue weighted by molar-refractivity contribution is -0.118. The van der Waals surface area contributed by atoms with Gasteiger partial charge in [-0.05, 0) is 55.4 Å². The molecule has 0 aromatic heterocycles. The summed E-state index contributed by atoms with van der Waals surface area (Å²) in [6, 6.07) is 7.34. The van der Waals surface area contributed by atoms with Crippen LogP contribution in [0.1, 0.15) is 38.2 Å². The third-order valence-corrected chi connectivity index (χ3v) is 4.13. The molecule has 4 N–H and O–H groups in total. The minimum absolute atomic E-state index is 0.190. The maximum absolute atomic E-state index is 11.8. The molecular weight excluding hydrogens is 264 g/mol. The molecule has 0 unspecified atom stereocenters. The number of hydrogen-bond acceptors (Lipinski definition) is 3. The number of benzene rings is 1. The normalized spacial score (nSPS) is 25.9. The number of amides is 1. The van der Waals surface area contributed by atoms with Gasteiger partial charge in [0.2, 0.25) is 5.91 Å². The van der Waals surface area contributed by atoms with Crippen molar-refractivity contribution in [1.82, 2.24) is 5.32 Å². The average Bonchev–Trinajstić information content (AvgIpc) is 2.47. The van der Waals surface area contributed by atoms with Gasteiger partial charge in [0.25, 0.3) is 0 Å². The van der Waals surface area contributed by atoms with E-state index in [1.165, 1.54) is 6.08 Å². The molecule has 1 aromatic rings. The van der Waals surface area contributed by atoms with Crippen LogP contribution in [0.2, 0.25) is 0 Å². The van der Waals surface area contributed by atoms with Gasteiger partial charge in [-0.25, -0.2) is 0 Å². The van der Waals surface area contributed by atoms with Gasteiger partial charge >= 0.3 is 0 Å². The maximum Gasteiger partial charge on any atom is 0.244 e. The van der Waals surface area contributed by atoms with Crippen LogP contribution in [-0.4, -0.2) is 23.2 Å². The average molecular weight is 288 g/mol. The molecule has 0 bridgehead atoms. The number of nitrogen functional groups attached to an aromatic ring is 1. The molecule has 1 fully saturated rings. The van der Waals surface area contributed by atoms with E-state index in [0.717, 1.165) is 31.2 Å². The first-order valence-corrected chi connectivity index (χ1v) is 7.51. The Hall–Kier alpha value is -1.81. The molecule has 0 saturated heterocycles. The van der Waals surface area contributed by atoms with Gasteiger partial charge in [-0.1, -0.05) is 19.1 Å². The monoisotopic (exact) mass is 288 g/mol. The molecule has 4 heteroatoms. The zero-order chi connectivity index (χ0) is 15.3. The van der Waals surface area contributed by atoms with E-state index < -0.39 is 5.60 Å². The van der Waals surface area contributed by atoms with E-state index in [2.05, 4.69) is 12.2 Å². The van der Waals surface area contributed by atoms with Crippen LogP contribution in [0.4, 0.5) is 5.69 Å². The van der Waals surface area contributed by atoms with E-state index in [4.69, 9.17) is 5.73 Å². The molecule has 1 saturated carbocycles. The highest BCUT2D eigenvalue weighted by atomic mass is 16.3. The topological polar surface area (TPSA) is 75.3 Å². The van der Waals surface area contributed by atoms with Crippen molar-refractivity contribution in [2.75, 3.05) is 12.3 Å². The summed E-state index contributed by atoms with van der Waals surface area (Å²) in [5, 5.41) is 13.2. The molecule has 1 aromatic carbocycles. The molecule has 21 heavy (non-hydrogen) atoms. The van der Waals surface area contributed by atoms with Crippen LogP contribution in [0.25, 0.3) is 6.08 Å². The Labute approximate surface area is 126 Å². The molecule has 0 atom stereocenters. The van der Waals surface area contributed by atoms with Gasteiger partial charge in [0, 0.05) is 18.3 Å². The lowest BCUT2D eigenvalue weighted by Crippen LogP contribution is -2.44. The van der Waals surface area contributed by atoms with Gasteiger partial charge in [0.1, 0.15) is 0 Å². The van der Waals surface area contributed by atoms with Crippen molar-refractivity contribution in [2.45, 2.75) is 38.2 Å². The molecule has 114 valence electrons. The van der Waals surface area contributed by atoms with Crippen LogP contribution < -0.4 is 11.1 Å². The lowest BCUT2D eigenvalue weighted by atomic mass is 9.79. The summed E-state index contributed by atoms with van der Waals surface area (Å²) in [6.07, 6.45) is 6.75. The van der Waals surface area contributed by atoms with Crippen molar-refractivity contribution in [2.24, 2.45) is 5.92 Å². The highest BCUT2D eigenvalue weighted by Gasteiger charge is 2.31. The molecule has 1 aliphatic carbocycles. The van der Waals surface area contributed by atoms with E-state index in [0.29, 0.717) is 18.2 Å². The molecule has 4 nitrogen and oxygen atoms in total. The number of carbonyl (C=O) groups is 1. The standard InChI is InChI=1S/C17H24N2O2/c1-13-7-9-17(21,10-8-13)12-19-16(20)6-5-14-3-2-4-15(18)11-14/h2-6,11,13,21H,7-10,12,18H2,1H3,(H,19,20)/b6-5+. The zero-order valence-electron chi connectivity index (χ0n) is 12.5. The fourth-order valence-corrected chi connectivity index (χ4v) is 2.62. The van der Waals surface area contributed by atoms with E-state index in [1.54, 1.807) is 18.2 Å². The van der Waals surface area contributed by atoms with Crippen LogP contribution in [0.5, 0.6) is 0 Å². The molecule has 2 rings (SSSR count). The number of anilines is 1. The third kappa shape index (κ3) is 4.90. The van der Waals surface area contributed by atoms with Crippen LogP contribution in [0.3, 0.4) is 0 Å². The van der Waals surface area contributed by atoms with E-state index in [1.807, 2.05) is 12.1 Å². The first-order valence-electron chi connectivity index (χ1n) is 7.51. The van der Waals surface area contributed by atoms with E-state index in [9.17, 15) is 9.90 Å². The number of nitrogens with one attached hydrogen (secondary N) is 1. The van der Waals surface area contributed by atoms with E-state index in [-0.39, 0.29) is 5.91 Å². The Balaban J connectivity index is 1.82. The highest BCUT2D eigenvalue weighted by Crippen LogP contribution is 2.31. The van der Waals surface area contributed by atoms with Gasteiger partial charge in [-0.15, -0.1) is 0 Å². The molecular formula is C17H24N2O2. The Morgan fingerprint density at radius 3 is 2.86 bits per heavy atom. The minimum Gasteiger partial charge on any atom is -0.399 e. The van der Waals surface area contributed by atoms with Crippen molar-refractivity contribution in [3.8, 4) is 0 Å². The Morgan fingerprint density at radius 2 is 2.19 bits per heavy atom. The molecule has 0 aliphatic heterocycles. The van der Waals surface area contributed by atoms with Gasteiger partial charge in [-0.3, -0.25) is 4.79 Å². The quantitative estimate of drug-likeness (QED) is 0.588. The summed E-state index contributed by atoms with van der Waals surface area (Å²) in [6.45, 7) is 2.52. The fraction of sp³-hybridized carbons (Fsp3) is 0.471. The second kappa shape index (κ2) is 6.76. The SMILES string of the molecule is CC1CCC(O)(CNC(=O)/C=C/c2cccc(N)c2)CC1. The third-order valence-electron chi connectivity index (χ3n) is 4.13. The largest absolute Gasteiger partial charge is 0.399 e. The van der Waals surface area contributed by atoms with Crippen molar-refractivity contribution in [1.29, 1.82) is 0 Å². The highest BCUT2D eigenvalue weighted by molar-refractivity contribution is 5.91. The van der Waals surface area contributed by atoms with E-state index >= 15 is 0 Å². The number of aliphatic hydroxyl groups is 1. The van der Waals surface area contributed by atoms with Crippen molar-refractivity contribution in [3.63, 3.8) is 0 Å². The molecule has 0 heterocycles. The second-order valence-corrected chi connectivity index (χ2v) is 6.13. The first kappa shape index (κ1) is 15.6. The predicted molar refractivity (Wildman–Crippen MR) is 85.5 cm³/mol. The summed E-state index contributed by atoms with van der Waals surface area (Å²) < 4.78 is 0. The molecule has 0 radical (unpaired) electrons. The molecule has 1 aliphatic rings. The van der Waals surface area contributed by atoms with Crippen LogP contribution in [0.15, 0.2) is 30.3 Å². The Kier molecular flexibility index (Phi) is 5.02. The van der Waals surface area contributed by atoms with Gasteiger partial charge in [0.05, 0.1) is 5.60 Å². The maximum atomic E-state index is 11.8. The summed E-state index contributed by atoms with van der Waals surface area (Å²) in [7, 11) is 0. The number of carbonyl (C=O) groups excluding carboxylic acids is 1.